The zero-order chi connectivity index (χ0) is 19.4. The summed E-state index contributed by atoms with van der Waals surface area (Å²) >= 11 is 0. The maximum absolute atomic E-state index is 12.2. The summed E-state index contributed by atoms with van der Waals surface area (Å²) in [4.78, 5) is 24.2. The van der Waals surface area contributed by atoms with Gasteiger partial charge in [-0.1, -0.05) is 0 Å². The van der Waals surface area contributed by atoms with Crippen molar-refractivity contribution in [3.05, 3.63) is 29.7 Å². The van der Waals surface area contributed by atoms with Crippen LogP contribution in [0, 0.1) is 0 Å². The Kier molecular flexibility index (Phi) is 5.90. The smallest absolute Gasteiger partial charge is 0.314 e. The van der Waals surface area contributed by atoms with Gasteiger partial charge in [0, 0.05) is 37.9 Å². The number of aromatic nitrogens is 4. The standard InChI is InChI=1S/C18H26N6O3/c1-12(2)24-7-6-14(21-24)10-19-17(25)18(26)20-16-9-15(22-23(16)3)13-5-4-8-27-11-13/h6-7,9,12-13H,4-5,8,10-11H2,1-3H3,(H,19,25)(H,20,26). The molecule has 27 heavy (non-hydrogen) atoms. The first kappa shape index (κ1) is 19.1. The van der Waals surface area contributed by atoms with E-state index < -0.39 is 11.8 Å². The average molecular weight is 374 g/mol. The van der Waals surface area contributed by atoms with Crippen molar-refractivity contribution < 1.29 is 14.3 Å². The van der Waals surface area contributed by atoms with Gasteiger partial charge in [0.2, 0.25) is 0 Å². The third-order valence-electron chi connectivity index (χ3n) is 4.55. The summed E-state index contributed by atoms with van der Waals surface area (Å²) in [7, 11) is 1.74. The molecule has 2 aromatic rings. The molecular weight excluding hydrogens is 348 g/mol. The number of nitrogens with one attached hydrogen (secondary N) is 2. The molecule has 1 unspecified atom stereocenters. The summed E-state index contributed by atoms with van der Waals surface area (Å²) in [5.41, 5.74) is 1.57. The second-order valence-corrected chi connectivity index (χ2v) is 7.01. The monoisotopic (exact) mass is 374 g/mol. The predicted molar refractivity (Wildman–Crippen MR) is 99.1 cm³/mol. The van der Waals surface area contributed by atoms with Crippen LogP contribution in [0.1, 0.15) is 50.0 Å². The summed E-state index contributed by atoms with van der Waals surface area (Å²) in [5.74, 6) is -0.731. The average Bonchev–Trinajstić information content (AvgIpc) is 3.28. The van der Waals surface area contributed by atoms with Crippen LogP contribution in [0.2, 0.25) is 0 Å². The molecule has 0 saturated carbocycles. The molecular formula is C18H26N6O3. The maximum atomic E-state index is 12.2. The highest BCUT2D eigenvalue weighted by Gasteiger charge is 2.22. The lowest BCUT2D eigenvalue weighted by molar-refractivity contribution is -0.136. The maximum Gasteiger partial charge on any atom is 0.314 e. The minimum atomic E-state index is -0.729. The molecule has 1 atom stereocenters. The van der Waals surface area contributed by atoms with Crippen molar-refractivity contribution in [1.82, 2.24) is 24.9 Å². The van der Waals surface area contributed by atoms with Gasteiger partial charge in [0.05, 0.1) is 24.5 Å². The molecule has 0 bridgehead atoms. The van der Waals surface area contributed by atoms with Gasteiger partial charge in [-0.3, -0.25) is 19.0 Å². The van der Waals surface area contributed by atoms with Gasteiger partial charge in [-0.15, -0.1) is 0 Å². The number of amides is 2. The molecule has 1 aliphatic heterocycles. The lowest BCUT2D eigenvalue weighted by atomic mass is 9.99. The Labute approximate surface area is 158 Å². The van der Waals surface area contributed by atoms with Crippen molar-refractivity contribution in [2.45, 2.75) is 45.2 Å². The van der Waals surface area contributed by atoms with Gasteiger partial charge in [0.1, 0.15) is 5.82 Å². The van der Waals surface area contributed by atoms with Crippen LogP contribution < -0.4 is 10.6 Å². The Hall–Kier alpha value is -2.68. The molecule has 9 heteroatoms. The lowest BCUT2D eigenvalue weighted by Crippen LogP contribution is -2.35. The third-order valence-corrected chi connectivity index (χ3v) is 4.55. The minimum absolute atomic E-state index is 0.196. The Bertz CT molecular complexity index is 804. The van der Waals surface area contributed by atoms with E-state index in [9.17, 15) is 9.59 Å². The molecule has 2 aromatic heterocycles. The number of aryl methyl sites for hydroxylation is 1. The zero-order valence-corrected chi connectivity index (χ0v) is 15.9. The number of hydrogen-bond acceptors (Lipinski definition) is 5. The number of rotatable bonds is 5. The van der Waals surface area contributed by atoms with Crippen LogP contribution in [-0.2, 0) is 27.9 Å². The molecule has 1 saturated heterocycles. The largest absolute Gasteiger partial charge is 0.381 e. The van der Waals surface area contributed by atoms with Crippen molar-refractivity contribution in [3.8, 4) is 0 Å². The van der Waals surface area contributed by atoms with Crippen LogP contribution >= 0.6 is 0 Å². The Morgan fingerprint density at radius 1 is 1.33 bits per heavy atom. The van der Waals surface area contributed by atoms with E-state index in [4.69, 9.17) is 4.74 Å². The van der Waals surface area contributed by atoms with Crippen molar-refractivity contribution in [2.75, 3.05) is 18.5 Å². The van der Waals surface area contributed by atoms with Crippen LogP contribution in [0.3, 0.4) is 0 Å². The van der Waals surface area contributed by atoms with Gasteiger partial charge in [0.15, 0.2) is 0 Å². The van der Waals surface area contributed by atoms with E-state index in [2.05, 4.69) is 20.8 Å². The molecule has 9 nitrogen and oxygen atoms in total. The van der Waals surface area contributed by atoms with E-state index in [1.54, 1.807) is 22.5 Å². The van der Waals surface area contributed by atoms with Crippen LogP contribution in [-0.4, -0.2) is 44.6 Å². The quantitative estimate of drug-likeness (QED) is 0.769. The highest BCUT2D eigenvalue weighted by Crippen LogP contribution is 2.26. The summed E-state index contributed by atoms with van der Waals surface area (Å²) in [5, 5.41) is 14.0. The molecule has 146 valence electrons. The molecule has 0 aliphatic carbocycles. The molecule has 2 N–H and O–H groups in total. The highest BCUT2D eigenvalue weighted by molar-refractivity contribution is 6.39. The number of anilines is 1. The summed E-state index contributed by atoms with van der Waals surface area (Å²) < 4.78 is 8.86. The molecule has 0 radical (unpaired) electrons. The van der Waals surface area contributed by atoms with Gasteiger partial charge in [-0.25, -0.2) is 0 Å². The van der Waals surface area contributed by atoms with Crippen LogP contribution in [0.15, 0.2) is 18.3 Å². The SMILES string of the molecule is CC(C)n1ccc(CNC(=O)C(=O)Nc2cc(C3CCCOC3)nn2C)n1. The first-order valence-electron chi connectivity index (χ1n) is 9.19. The Morgan fingerprint density at radius 3 is 2.81 bits per heavy atom. The number of carbonyl (C=O) groups is 2. The topological polar surface area (TPSA) is 103 Å². The van der Waals surface area contributed by atoms with Crippen LogP contribution in [0.5, 0.6) is 0 Å². The van der Waals surface area contributed by atoms with Crippen LogP contribution in [0.4, 0.5) is 5.82 Å². The first-order chi connectivity index (χ1) is 12.9. The molecule has 1 fully saturated rings. The molecule has 3 rings (SSSR count). The van der Waals surface area contributed by atoms with Crippen molar-refractivity contribution in [1.29, 1.82) is 0 Å². The first-order valence-corrected chi connectivity index (χ1v) is 9.19. The van der Waals surface area contributed by atoms with E-state index in [0.29, 0.717) is 18.1 Å². The fourth-order valence-corrected chi connectivity index (χ4v) is 2.96. The third kappa shape index (κ3) is 4.73. The number of nitrogens with zero attached hydrogens (tertiary/aromatic N) is 4. The fourth-order valence-electron chi connectivity index (χ4n) is 2.96. The van der Waals surface area contributed by atoms with Crippen LogP contribution in [0.25, 0.3) is 0 Å². The van der Waals surface area contributed by atoms with Crippen molar-refractivity contribution in [2.24, 2.45) is 7.05 Å². The van der Waals surface area contributed by atoms with E-state index in [1.807, 2.05) is 26.1 Å². The normalized spacial score (nSPS) is 17.1. The molecule has 0 aromatic carbocycles. The summed E-state index contributed by atoms with van der Waals surface area (Å²) in [6.07, 6.45) is 3.85. The van der Waals surface area contributed by atoms with E-state index in [1.165, 1.54) is 0 Å². The van der Waals surface area contributed by atoms with Gasteiger partial charge >= 0.3 is 11.8 Å². The summed E-state index contributed by atoms with van der Waals surface area (Å²) in [6.45, 7) is 5.65. The van der Waals surface area contributed by atoms with Gasteiger partial charge < -0.3 is 15.4 Å². The van der Waals surface area contributed by atoms with Gasteiger partial charge in [-0.2, -0.15) is 10.2 Å². The zero-order valence-electron chi connectivity index (χ0n) is 15.9. The Balaban J connectivity index is 1.54. The highest BCUT2D eigenvalue weighted by atomic mass is 16.5. The summed E-state index contributed by atoms with van der Waals surface area (Å²) in [6, 6.07) is 3.86. The predicted octanol–water partition coefficient (Wildman–Crippen LogP) is 1.35. The lowest BCUT2D eigenvalue weighted by Gasteiger charge is -2.19. The van der Waals surface area contributed by atoms with Crippen molar-refractivity contribution >= 4 is 17.6 Å². The second-order valence-electron chi connectivity index (χ2n) is 7.01. The second kappa shape index (κ2) is 8.34. The Morgan fingerprint density at radius 2 is 2.15 bits per heavy atom. The molecule has 1 aliphatic rings. The van der Waals surface area contributed by atoms with E-state index in [-0.39, 0.29) is 18.5 Å². The van der Waals surface area contributed by atoms with E-state index >= 15 is 0 Å². The minimum Gasteiger partial charge on any atom is -0.381 e. The van der Waals surface area contributed by atoms with Gasteiger partial charge in [0.25, 0.3) is 0 Å². The van der Waals surface area contributed by atoms with Crippen molar-refractivity contribution in [3.63, 3.8) is 0 Å². The number of hydrogen-bond donors (Lipinski definition) is 2. The van der Waals surface area contributed by atoms with E-state index in [0.717, 1.165) is 25.1 Å². The number of ether oxygens (including phenoxy) is 1. The number of carbonyl (C=O) groups excluding carboxylic acids is 2. The fraction of sp³-hybridized carbons (Fsp3) is 0.556. The molecule has 2 amide bonds. The molecule has 3 heterocycles. The molecule has 0 spiro atoms. The van der Waals surface area contributed by atoms with Gasteiger partial charge in [-0.05, 0) is 32.8 Å².